The summed E-state index contributed by atoms with van der Waals surface area (Å²) in [7, 11) is 0. The molecule has 1 aromatic carbocycles. The average Bonchev–Trinajstić information content (AvgIpc) is 3.15. The lowest BCUT2D eigenvalue weighted by molar-refractivity contribution is -0.159. The predicted molar refractivity (Wildman–Crippen MR) is 98.9 cm³/mol. The molecule has 0 amide bonds. The van der Waals surface area contributed by atoms with Crippen LogP contribution < -0.4 is 0 Å². The van der Waals surface area contributed by atoms with Crippen molar-refractivity contribution >= 4 is 27.7 Å². The first-order valence-electron chi connectivity index (χ1n) is 8.19. The fourth-order valence-electron chi connectivity index (χ4n) is 3.30. The number of nitrogens with zero attached hydrogens (tertiary/aromatic N) is 1. The third-order valence-corrected chi connectivity index (χ3v) is 5.60. The minimum Gasteiger partial charge on any atom is -0.347 e. The molecule has 25 heavy (non-hydrogen) atoms. The Morgan fingerprint density at radius 2 is 2.04 bits per heavy atom. The van der Waals surface area contributed by atoms with Crippen molar-refractivity contribution in [2.24, 2.45) is 0 Å². The van der Waals surface area contributed by atoms with Gasteiger partial charge < -0.3 is 9.47 Å². The second-order valence-corrected chi connectivity index (χ2v) is 8.03. The SMILES string of the molecule is CC1(C)OCC(C)(c2ccnc(-c3cccc4cc(C=O)sc34)c2)O1. The fourth-order valence-corrected chi connectivity index (χ4v) is 4.30. The van der Waals surface area contributed by atoms with Gasteiger partial charge in [0, 0.05) is 16.5 Å². The number of pyridine rings is 1. The van der Waals surface area contributed by atoms with Gasteiger partial charge in [0.25, 0.3) is 0 Å². The molecule has 3 aromatic rings. The zero-order valence-corrected chi connectivity index (χ0v) is 15.2. The number of hydrogen-bond acceptors (Lipinski definition) is 5. The van der Waals surface area contributed by atoms with Crippen LogP contribution in [0.4, 0.5) is 0 Å². The summed E-state index contributed by atoms with van der Waals surface area (Å²) >= 11 is 1.49. The number of aldehydes is 1. The molecule has 0 radical (unpaired) electrons. The van der Waals surface area contributed by atoms with Crippen molar-refractivity contribution in [1.82, 2.24) is 4.98 Å². The van der Waals surface area contributed by atoms with Crippen molar-refractivity contribution in [3.63, 3.8) is 0 Å². The van der Waals surface area contributed by atoms with Crippen molar-refractivity contribution in [1.29, 1.82) is 0 Å². The monoisotopic (exact) mass is 353 g/mol. The maximum atomic E-state index is 11.1. The van der Waals surface area contributed by atoms with Crippen LogP contribution in [0.2, 0.25) is 0 Å². The highest BCUT2D eigenvalue weighted by Crippen LogP contribution is 2.40. The Kier molecular flexibility index (Phi) is 3.76. The second kappa shape index (κ2) is 5.73. The second-order valence-electron chi connectivity index (χ2n) is 6.94. The van der Waals surface area contributed by atoms with Gasteiger partial charge in [-0.05, 0) is 49.9 Å². The molecule has 1 aliphatic rings. The molecule has 4 nitrogen and oxygen atoms in total. The van der Waals surface area contributed by atoms with Gasteiger partial charge in [-0.15, -0.1) is 11.3 Å². The van der Waals surface area contributed by atoms with E-state index in [0.29, 0.717) is 6.61 Å². The summed E-state index contributed by atoms with van der Waals surface area (Å²) in [6, 6.07) is 12.0. The van der Waals surface area contributed by atoms with Crippen LogP contribution in [0.5, 0.6) is 0 Å². The summed E-state index contributed by atoms with van der Waals surface area (Å²) < 4.78 is 13.0. The van der Waals surface area contributed by atoms with Gasteiger partial charge in [-0.3, -0.25) is 9.78 Å². The highest BCUT2D eigenvalue weighted by atomic mass is 32.1. The molecule has 1 atom stereocenters. The van der Waals surface area contributed by atoms with E-state index in [2.05, 4.69) is 11.1 Å². The van der Waals surface area contributed by atoms with Crippen molar-refractivity contribution in [2.45, 2.75) is 32.2 Å². The lowest BCUT2D eigenvalue weighted by Gasteiger charge is -2.25. The van der Waals surface area contributed by atoms with E-state index >= 15 is 0 Å². The Morgan fingerprint density at radius 3 is 2.76 bits per heavy atom. The smallest absolute Gasteiger partial charge is 0.164 e. The number of carbonyl (C=O) groups excluding carboxylic acids is 1. The molecule has 4 rings (SSSR count). The van der Waals surface area contributed by atoms with Gasteiger partial charge in [0.05, 0.1) is 17.2 Å². The van der Waals surface area contributed by atoms with Crippen LogP contribution in [0.3, 0.4) is 0 Å². The molecule has 0 aliphatic carbocycles. The number of fused-ring (bicyclic) bond motifs is 1. The van der Waals surface area contributed by atoms with Crippen molar-refractivity contribution in [3.05, 3.63) is 53.0 Å². The summed E-state index contributed by atoms with van der Waals surface area (Å²) in [6.07, 6.45) is 2.70. The maximum Gasteiger partial charge on any atom is 0.164 e. The Labute approximate surface area is 150 Å². The van der Waals surface area contributed by atoms with E-state index in [1.165, 1.54) is 11.3 Å². The maximum absolute atomic E-state index is 11.1. The molecular weight excluding hydrogens is 334 g/mol. The van der Waals surface area contributed by atoms with Gasteiger partial charge in [-0.1, -0.05) is 18.2 Å². The van der Waals surface area contributed by atoms with Crippen molar-refractivity contribution < 1.29 is 14.3 Å². The molecule has 1 fully saturated rings. The molecule has 3 heterocycles. The summed E-state index contributed by atoms with van der Waals surface area (Å²) in [5.41, 5.74) is 2.43. The molecule has 1 aliphatic heterocycles. The topological polar surface area (TPSA) is 48.4 Å². The van der Waals surface area contributed by atoms with Crippen LogP contribution in [-0.2, 0) is 15.1 Å². The van der Waals surface area contributed by atoms with Gasteiger partial charge in [-0.2, -0.15) is 0 Å². The van der Waals surface area contributed by atoms with E-state index < -0.39 is 11.4 Å². The summed E-state index contributed by atoms with van der Waals surface area (Å²) in [4.78, 5) is 16.4. The number of hydrogen-bond donors (Lipinski definition) is 0. The lowest BCUT2D eigenvalue weighted by Crippen LogP contribution is -2.28. The standard InChI is InChI=1S/C20H19NO3S/c1-19(2)23-12-20(3,24-19)14-7-8-21-17(10-14)16-6-4-5-13-9-15(11-22)25-18(13)16/h4-11H,12H2,1-3H3. The zero-order chi connectivity index (χ0) is 17.7. The number of ether oxygens (including phenoxy) is 2. The fraction of sp³-hybridized carbons (Fsp3) is 0.300. The largest absolute Gasteiger partial charge is 0.347 e. The van der Waals surface area contributed by atoms with E-state index in [1.54, 1.807) is 6.20 Å². The minimum atomic E-state index is -0.592. The van der Waals surface area contributed by atoms with E-state index in [-0.39, 0.29) is 0 Å². The molecule has 2 aromatic heterocycles. The van der Waals surface area contributed by atoms with Gasteiger partial charge in [0.2, 0.25) is 0 Å². The molecular formula is C20H19NO3S. The van der Waals surface area contributed by atoms with Crippen molar-refractivity contribution in [3.8, 4) is 11.3 Å². The molecule has 0 saturated carbocycles. The Hall–Kier alpha value is -2.08. The lowest BCUT2D eigenvalue weighted by atomic mass is 9.96. The summed E-state index contributed by atoms with van der Waals surface area (Å²) in [5, 5.41) is 1.06. The Balaban J connectivity index is 1.81. The van der Waals surface area contributed by atoms with Crippen LogP contribution in [0.15, 0.2) is 42.6 Å². The van der Waals surface area contributed by atoms with E-state index in [9.17, 15) is 4.79 Å². The Morgan fingerprint density at radius 1 is 1.20 bits per heavy atom. The number of benzene rings is 1. The predicted octanol–water partition coefficient (Wildman–Crippen LogP) is 4.77. The minimum absolute atomic E-state index is 0.501. The first kappa shape index (κ1) is 16.4. The van der Waals surface area contributed by atoms with Gasteiger partial charge in [-0.25, -0.2) is 0 Å². The highest BCUT2D eigenvalue weighted by Gasteiger charge is 2.43. The number of carbonyl (C=O) groups is 1. The van der Waals surface area contributed by atoms with Gasteiger partial charge in [0.15, 0.2) is 12.1 Å². The van der Waals surface area contributed by atoms with Crippen LogP contribution >= 0.6 is 11.3 Å². The molecule has 0 spiro atoms. The number of rotatable bonds is 3. The third-order valence-electron chi connectivity index (χ3n) is 4.49. The molecule has 1 saturated heterocycles. The first-order chi connectivity index (χ1) is 11.9. The highest BCUT2D eigenvalue weighted by molar-refractivity contribution is 7.21. The van der Waals surface area contributed by atoms with Crippen molar-refractivity contribution in [2.75, 3.05) is 6.61 Å². The molecule has 1 unspecified atom stereocenters. The van der Waals surface area contributed by atoms with E-state index in [1.807, 2.05) is 51.1 Å². The summed E-state index contributed by atoms with van der Waals surface area (Å²) in [5.74, 6) is -0.592. The molecule has 0 N–H and O–H groups in total. The van der Waals surface area contributed by atoms with Crippen LogP contribution in [0.25, 0.3) is 21.3 Å². The van der Waals surface area contributed by atoms with Crippen LogP contribution in [-0.4, -0.2) is 23.7 Å². The first-order valence-corrected chi connectivity index (χ1v) is 9.01. The zero-order valence-electron chi connectivity index (χ0n) is 14.4. The molecule has 0 bridgehead atoms. The molecule has 128 valence electrons. The van der Waals surface area contributed by atoms with E-state index in [0.717, 1.165) is 38.1 Å². The van der Waals surface area contributed by atoms with Gasteiger partial charge in [0.1, 0.15) is 5.60 Å². The quantitative estimate of drug-likeness (QED) is 0.636. The number of thiophene rings is 1. The van der Waals surface area contributed by atoms with Crippen LogP contribution in [0, 0.1) is 0 Å². The Bertz CT molecular complexity index is 962. The van der Waals surface area contributed by atoms with Crippen LogP contribution in [0.1, 0.15) is 36.0 Å². The average molecular weight is 353 g/mol. The van der Waals surface area contributed by atoms with E-state index in [4.69, 9.17) is 9.47 Å². The number of aromatic nitrogens is 1. The normalized spacial score (nSPS) is 22.4. The molecule has 5 heteroatoms. The summed E-state index contributed by atoms with van der Waals surface area (Å²) in [6.45, 7) is 6.39. The third kappa shape index (κ3) is 2.88. The van der Waals surface area contributed by atoms with Gasteiger partial charge >= 0.3 is 0 Å².